The molecule has 38 heavy (non-hydrogen) atoms. The summed E-state index contributed by atoms with van der Waals surface area (Å²) in [6.07, 6.45) is 2.46. The Bertz CT molecular complexity index is 1590. The standard InChI is InChI=1S/C31H29FN4O2/c1-3-20-12-13-26(32)25(17-20)28-14-15-29(37)36(35-28)19-21-8-7-10-24(16-21)31(38)34-30-22(4-2)18-23-9-5-6-11-27(23)33-30/h5-17,22H,3-4,18-19H2,1-2H3,(H,33,34,38). The molecule has 1 aromatic heterocycles. The number of rotatable bonds is 6. The summed E-state index contributed by atoms with van der Waals surface area (Å²) in [6, 6.07) is 22.9. The summed E-state index contributed by atoms with van der Waals surface area (Å²) in [4.78, 5) is 30.5. The minimum atomic E-state index is -0.391. The van der Waals surface area contributed by atoms with Crippen molar-refractivity contribution in [1.29, 1.82) is 0 Å². The lowest BCUT2D eigenvalue weighted by Crippen LogP contribution is -2.38. The van der Waals surface area contributed by atoms with Crippen molar-refractivity contribution in [3.8, 4) is 11.3 Å². The molecule has 1 aliphatic heterocycles. The van der Waals surface area contributed by atoms with E-state index < -0.39 is 5.82 Å². The molecule has 1 atom stereocenters. The second kappa shape index (κ2) is 10.9. The van der Waals surface area contributed by atoms with Crippen molar-refractivity contribution in [1.82, 2.24) is 15.1 Å². The van der Waals surface area contributed by atoms with Gasteiger partial charge in [0.05, 0.1) is 17.9 Å². The molecule has 1 aliphatic rings. The van der Waals surface area contributed by atoms with Crippen molar-refractivity contribution >= 4 is 17.4 Å². The highest BCUT2D eigenvalue weighted by Crippen LogP contribution is 2.29. The van der Waals surface area contributed by atoms with Gasteiger partial charge in [0.1, 0.15) is 11.7 Å². The van der Waals surface area contributed by atoms with Gasteiger partial charge in [-0.25, -0.2) is 14.1 Å². The van der Waals surface area contributed by atoms with Crippen LogP contribution in [0.4, 0.5) is 10.1 Å². The molecule has 0 aliphatic carbocycles. The van der Waals surface area contributed by atoms with E-state index in [0.29, 0.717) is 22.7 Å². The van der Waals surface area contributed by atoms with Crippen molar-refractivity contribution in [3.63, 3.8) is 0 Å². The third-order valence-corrected chi connectivity index (χ3v) is 6.92. The lowest BCUT2D eigenvalue weighted by Gasteiger charge is -2.24. The van der Waals surface area contributed by atoms with E-state index in [-0.39, 0.29) is 23.9 Å². The molecular formula is C31H29FN4O2. The predicted octanol–water partition coefficient (Wildman–Crippen LogP) is 5.70. The van der Waals surface area contributed by atoms with E-state index >= 15 is 0 Å². The molecule has 0 bridgehead atoms. The van der Waals surface area contributed by atoms with Gasteiger partial charge in [0.15, 0.2) is 0 Å². The number of aromatic nitrogens is 2. The zero-order valence-corrected chi connectivity index (χ0v) is 21.4. The highest BCUT2D eigenvalue weighted by molar-refractivity contribution is 6.08. The molecule has 1 N–H and O–H groups in total. The Morgan fingerprint density at radius 2 is 1.84 bits per heavy atom. The molecular weight excluding hydrogens is 479 g/mol. The van der Waals surface area contributed by atoms with Crippen LogP contribution in [0.5, 0.6) is 0 Å². The van der Waals surface area contributed by atoms with Crippen LogP contribution in [0.1, 0.15) is 47.3 Å². The summed E-state index contributed by atoms with van der Waals surface area (Å²) in [5.74, 6) is 0.158. The molecule has 0 saturated heterocycles. The molecule has 0 saturated carbocycles. The number of amidine groups is 1. The Hall–Kier alpha value is -4.39. The fourth-order valence-corrected chi connectivity index (χ4v) is 4.71. The van der Waals surface area contributed by atoms with Crippen molar-refractivity contribution in [3.05, 3.63) is 117 Å². The maximum atomic E-state index is 14.5. The summed E-state index contributed by atoms with van der Waals surface area (Å²) in [6.45, 7) is 4.23. The molecule has 0 fully saturated rings. The molecule has 0 radical (unpaired) electrons. The number of carbonyl (C=O) groups excluding carboxylic acids is 1. The number of benzene rings is 3. The molecule has 1 unspecified atom stereocenters. The highest BCUT2D eigenvalue weighted by Gasteiger charge is 2.23. The first kappa shape index (κ1) is 25.3. The average Bonchev–Trinajstić information content (AvgIpc) is 2.94. The van der Waals surface area contributed by atoms with Crippen LogP contribution in [-0.4, -0.2) is 21.5 Å². The number of nitrogens with one attached hydrogen (secondary N) is 1. The first-order valence-electron chi connectivity index (χ1n) is 12.9. The van der Waals surface area contributed by atoms with Gasteiger partial charge in [0, 0.05) is 23.1 Å². The van der Waals surface area contributed by atoms with Crippen LogP contribution in [-0.2, 0) is 19.4 Å². The summed E-state index contributed by atoms with van der Waals surface area (Å²) in [7, 11) is 0. The normalized spacial score (nSPS) is 14.5. The lowest BCUT2D eigenvalue weighted by molar-refractivity contribution is 0.0975. The van der Waals surface area contributed by atoms with E-state index in [9.17, 15) is 14.0 Å². The van der Waals surface area contributed by atoms with E-state index in [4.69, 9.17) is 4.99 Å². The predicted molar refractivity (Wildman–Crippen MR) is 147 cm³/mol. The van der Waals surface area contributed by atoms with Crippen LogP contribution in [0.15, 0.2) is 88.6 Å². The molecule has 1 amide bonds. The minimum Gasteiger partial charge on any atom is -0.310 e. The Balaban J connectivity index is 1.38. The van der Waals surface area contributed by atoms with Crippen LogP contribution < -0.4 is 10.9 Å². The topological polar surface area (TPSA) is 76.3 Å². The average molecular weight is 509 g/mol. The van der Waals surface area contributed by atoms with Gasteiger partial charge in [0.2, 0.25) is 0 Å². The Morgan fingerprint density at radius 3 is 2.66 bits per heavy atom. The monoisotopic (exact) mass is 508 g/mol. The maximum absolute atomic E-state index is 14.5. The van der Waals surface area contributed by atoms with Crippen LogP contribution in [0, 0.1) is 11.7 Å². The van der Waals surface area contributed by atoms with E-state index in [1.54, 1.807) is 30.3 Å². The van der Waals surface area contributed by atoms with E-state index in [1.807, 2.05) is 31.2 Å². The van der Waals surface area contributed by atoms with Crippen LogP contribution in [0.25, 0.3) is 11.3 Å². The van der Waals surface area contributed by atoms with Gasteiger partial charge < -0.3 is 5.32 Å². The molecule has 3 aromatic carbocycles. The molecule has 5 rings (SSSR count). The number of hydrogen-bond donors (Lipinski definition) is 1. The van der Waals surface area contributed by atoms with Gasteiger partial charge >= 0.3 is 0 Å². The molecule has 2 heterocycles. The molecule has 6 nitrogen and oxygen atoms in total. The Labute approximate surface area is 220 Å². The number of aliphatic imine (C=N–C) groups is 1. The largest absolute Gasteiger partial charge is 0.310 e. The lowest BCUT2D eigenvalue weighted by atomic mass is 9.92. The van der Waals surface area contributed by atoms with Crippen LogP contribution in [0.2, 0.25) is 0 Å². The number of fused-ring (bicyclic) bond motifs is 1. The number of para-hydroxylation sites is 1. The third-order valence-electron chi connectivity index (χ3n) is 6.92. The zero-order chi connectivity index (χ0) is 26.6. The summed E-state index contributed by atoms with van der Waals surface area (Å²) in [5.41, 5.74) is 4.67. The van der Waals surface area contributed by atoms with Gasteiger partial charge in [-0.1, -0.05) is 50.2 Å². The Kier molecular flexibility index (Phi) is 7.26. The number of aryl methyl sites for hydroxylation is 1. The van der Waals surface area contributed by atoms with Crippen molar-refractivity contribution < 1.29 is 9.18 Å². The number of carbonyl (C=O) groups is 1. The van der Waals surface area contributed by atoms with Crippen LogP contribution in [0.3, 0.4) is 0 Å². The number of amides is 1. The molecule has 0 spiro atoms. The number of hydrogen-bond acceptors (Lipinski definition) is 4. The summed E-state index contributed by atoms with van der Waals surface area (Å²) in [5, 5.41) is 7.44. The fourth-order valence-electron chi connectivity index (χ4n) is 4.71. The second-order valence-corrected chi connectivity index (χ2v) is 9.47. The highest BCUT2D eigenvalue weighted by atomic mass is 19.1. The molecule has 4 aromatic rings. The fraction of sp³-hybridized carbons (Fsp3) is 0.226. The van der Waals surface area contributed by atoms with Crippen molar-refractivity contribution in [2.24, 2.45) is 10.9 Å². The van der Waals surface area contributed by atoms with E-state index in [0.717, 1.165) is 36.1 Å². The van der Waals surface area contributed by atoms with Gasteiger partial charge in [-0.05, 0) is 72.4 Å². The van der Waals surface area contributed by atoms with Crippen LogP contribution >= 0.6 is 0 Å². The molecule has 192 valence electrons. The van der Waals surface area contributed by atoms with Gasteiger partial charge in [-0.2, -0.15) is 5.10 Å². The SMILES string of the molecule is CCc1ccc(F)c(-c2ccc(=O)n(Cc3cccc(C(=O)NC4=Nc5ccccc5CC4CC)c3)n2)c1. The quantitative estimate of drug-likeness (QED) is 0.363. The second-order valence-electron chi connectivity index (χ2n) is 9.47. The Morgan fingerprint density at radius 1 is 1.00 bits per heavy atom. The first-order chi connectivity index (χ1) is 18.4. The number of halogens is 1. The smallest absolute Gasteiger partial charge is 0.267 e. The maximum Gasteiger partial charge on any atom is 0.267 e. The van der Waals surface area contributed by atoms with Gasteiger partial charge in [-0.3, -0.25) is 9.59 Å². The zero-order valence-electron chi connectivity index (χ0n) is 21.4. The first-order valence-corrected chi connectivity index (χ1v) is 12.9. The van der Waals surface area contributed by atoms with E-state index in [2.05, 4.69) is 23.4 Å². The summed E-state index contributed by atoms with van der Waals surface area (Å²) >= 11 is 0. The van der Waals surface area contributed by atoms with Crippen molar-refractivity contribution in [2.45, 2.75) is 39.7 Å². The third kappa shape index (κ3) is 5.32. The van der Waals surface area contributed by atoms with E-state index in [1.165, 1.54) is 28.4 Å². The van der Waals surface area contributed by atoms with Gasteiger partial charge in [0.25, 0.3) is 11.5 Å². The minimum absolute atomic E-state index is 0.133. The van der Waals surface area contributed by atoms with Gasteiger partial charge in [-0.15, -0.1) is 0 Å². The summed E-state index contributed by atoms with van der Waals surface area (Å²) < 4.78 is 15.8. The molecule has 7 heteroatoms. The van der Waals surface area contributed by atoms with Crippen molar-refractivity contribution in [2.75, 3.05) is 0 Å². The number of nitrogens with zero attached hydrogens (tertiary/aromatic N) is 3.